The molecule has 0 aliphatic rings. The number of halogens is 1. The van der Waals surface area contributed by atoms with Crippen LogP contribution in [-0.2, 0) is 5.41 Å². The lowest BCUT2D eigenvalue weighted by Gasteiger charge is -2.27. The number of hydrogen-bond donors (Lipinski definition) is 2. The van der Waals surface area contributed by atoms with Gasteiger partial charge in [-0.1, -0.05) is 19.9 Å². The van der Waals surface area contributed by atoms with E-state index in [9.17, 15) is 4.39 Å². The summed E-state index contributed by atoms with van der Waals surface area (Å²) in [7, 11) is 0. The molecule has 92 valence electrons. The second kappa shape index (κ2) is 4.45. The van der Waals surface area contributed by atoms with E-state index in [1.54, 1.807) is 6.07 Å². The molecule has 0 bridgehead atoms. The molecular weight excluding hydrogens is 217 g/mol. The zero-order chi connectivity index (χ0) is 12.5. The fourth-order valence-electron chi connectivity index (χ4n) is 2.22. The highest BCUT2D eigenvalue weighted by Gasteiger charge is 2.30. The van der Waals surface area contributed by atoms with E-state index in [2.05, 4.69) is 23.8 Å². The Morgan fingerprint density at radius 1 is 1.35 bits per heavy atom. The van der Waals surface area contributed by atoms with Crippen LogP contribution in [0.4, 0.5) is 4.39 Å². The molecule has 0 aliphatic heterocycles. The largest absolute Gasteiger partial charge is 0.341 e. The topological polar surface area (TPSA) is 54.7 Å². The number of nitrogens with zero attached hydrogens (tertiary/aromatic N) is 1. The lowest BCUT2D eigenvalue weighted by Crippen LogP contribution is -2.35. The second-order valence-corrected chi connectivity index (χ2v) is 4.41. The first-order valence-corrected chi connectivity index (χ1v) is 6.01. The average molecular weight is 235 g/mol. The number of rotatable bonds is 4. The third-order valence-electron chi connectivity index (χ3n) is 3.71. The first-order valence-electron chi connectivity index (χ1n) is 6.01. The van der Waals surface area contributed by atoms with Crippen molar-refractivity contribution in [3.8, 4) is 0 Å². The number of imidazole rings is 1. The van der Waals surface area contributed by atoms with Gasteiger partial charge in [-0.2, -0.15) is 0 Å². The predicted molar refractivity (Wildman–Crippen MR) is 67.4 cm³/mol. The number of nitrogens with one attached hydrogen (secondary N) is 1. The molecule has 0 aliphatic carbocycles. The van der Waals surface area contributed by atoms with Crippen LogP contribution in [0.5, 0.6) is 0 Å². The van der Waals surface area contributed by atoms with Gasteiger partial charge in [-0.15, -0.1) is 0 Å². The summed E-state index contributed by atoms with van der Waals surface area (Å²) >= 11 is 0. The normalized spacial score (nSPS) is 12.2. The lowest BCUT2D eigenvalue weighted by molar-refractivity contribution is 0.386. The fraction of sp³-hybridized carbons (Fsp3) is 0.462. The van der Waals surface area contributed by atoms with Gasteiger partial charge in [0.2, 0.25) is 0 Å². The smallest absolute Gasteiger partial charge is 0.151 e. The Kier molecular flexibility index (Phi) is 3.15. The minimum absolute atomic E-state index is 0.175. The molecule has 3 N–H and O–H groups in total. The molecule has 0 saturated heterocycles. The van der Waals surface area contributed by atoms with Gasteiger partial charge in [0.1, 0.15) is 11.3 Å². The Hall–Kier alpha value is -1.42. The molecule has 0 fully saturated rings. The van der Waals surface area contributed by atoms with Crippen molar-refractivity contribution >= 4 is 11.0 Å². The molecule has 1 aromatic heterocycles. The summed E-state index contributed by atoms with van der Waals surface area (Å²) in [6.07, 6.45) is 1.78. The third kappa shape index (κ3) is 1.82. The van der Waals surface area contributed by atoms with Crippen LogP contribution in [0.15, 0.2) is 18.2 Å². The van der Waals surface area contributed by atoms with Crippen LogP contribution in [0, 0.1) is 5.82 Å². The monoisotopic (exact) mass is 235 g/mol. The van der Waals surface area contributed by atoms with Crippen LogP contribution >= 0.6 is 0 Å². The van der Waals surface area contributed by atoms with Crippen molar-refractivity contribution in [3.63, 3.8) is 0 Å². The molecule has 0 atom stereocenters. The van der Waals surface area contributed by atoms with Gasteiger partial charge in [-0.25, -0.2) is 9.37 Å². The summed E-state index contributed by atoms with van der Waals surface area (Å²) < 4.78 is 13.6. The van der Waals surface area contributed by atoms with Crippen molar-refractivity contribution in [2.75, 3.05) is 6.54 Å². The Bertz CT molecular complexity index is 506. The van der Waals surface area contributed by atoms with E-state index in [-0.39, 0.29) is 11.2 Å². The van der Waals surface area contributed by atoms with Gasteiger partial charge < -0.3 is 10.7 Å². The first kappa shape index (κ1) is 12.0. The van der Waals surface area contributed by atoms with Crippen LogP contribution < -0.4 is 5.73 Å². The van der Waals surface area contributed by atoms with Crippen LogP contribution in [0.1, 0.15) is 32.5 Å². The van der Waals surface area contributed by atoms with Crippen LogP contribution in [-0.4, -0.2) is 16.5 Å². The number of fused-ring (bicyclic) bond motifs is 1. The molecule has 2 aromatic rings. The van der Waals surface area contributed by atoms with E-state index < -0.39 is 0 Å². The minimum atomic E-state index is -0.289. The van der Waals surface area contributed by atoms with Crippen molar-refractivity contribution < 1.29 is 4.39 Å². The second-order valence-electron chi connectivity index (χ2n) is 4.41. The number of hydrogen-bond acceptors (Lipinski definition) is 2. The van der Waals surface area contributed by atoms with E-state index in [1.165, 1.54) is 6.07 Å². The molecule has 2 rings (SSSR count). The number of aromatic nitrogens is 2. The fourth-order valence-corrected chi connectivity index (χ4v) is 2.22. The number of para-hydroxylation sites is 1. The molecule has 0 spiro atoms. The van der Waals surface area contributed by atoms with Crippen molar-refractivity contribution in [3.05, 3.63) is 29.8 Å². The molecule has 0 unspecified atom stereocenters. The number of aromatic amines is 1. The number of benzene rings is 1. The van der Waals surface area contributed by atoms with Gasteiger partial charge in [0, 0.05) is 12.0 Å². The Morgan fingerprint density at radius 2 is 2.06 bits per heavy atom. The van der Waals surface area contributed by atoms with Crippen molar-refractivity contribution in [2.45, 2.75) is 32.1 Å². The quantitative estimate of drug-likeness (QED) is 0.856. The van der Waals surface area contributed by atoms with Gasteiger partial charge >= 0.3 is 0 Å². The summed E-state index contributed by atoms with van der Waals surface area (Å²) in [6, 6.07) is 4.94. The lowest BCUT2D eigenvalue weighted by atomic mass is 9.82. The number of nitrogens with two attached hydrogens (primary N) is 1. The molecule has 17 heavy (non-hydrogen) atoms. The van der Waals surface area contributed by atoms with Gasteiger partial charge in [0.15, 0.2) is 5.82 Å². The van der Waals surface area contributed by atoms with Gasteiger partial charge in [-0.3, -0.25) is 0 Å². The SMILES string of the molecule is CCC(CC)(CN)c1nc2c(F)cccc2[nH]1. The molecule has 4 heteroatoms. The van der Waals surface area contributed by atoms with Gasteiger partial charge in [-0.05, 0) is 25.0 Å². The van der Waals surface area contributed by atoms with Gasteiger partial charge in [0.05, 0.1) is 5.52 Å². The van der Waals surface area contributed by atoms with Crippen molar-refractivity contribution in [1.82, 2.24) is 9.97 Å². The summed E-state index contributed by atoms with van der Waals surface area (Å²) in [4.78, 5) is 7.59. The van der Waals surface area contributed by atoms with E-state index in [0.29, 0.717) is 12.1 Å². The Balaban J connectivity index is 2.59. The predicted octanol–water partition coefficient (Wildman–Crippen LogP) is 2.72. The van der Waals surface area contributed by atoms with Crippen LogP contribution in [0.2, 0.25) is 0 Å². The maximum absolute atomic E-state index is 13.6. The summed E-state index contributed by atoms with van der Waals surface area (Å²) in [5.41, 5.74) is 6.83. The molecule has 0 amide bonds. The zero-order valence-corrected chi connectivity index (χ0v) is 10.3. The molecule has 1 aromatic carbocycles. The maximum Gasteiger partial charge on any atom is 0.151 e. The highest BCUT2D eigenvalue weighted by molar-refractivity contribution is 5.75. The molecule has 0 saturated carbocycles. The van der Waals surface area contributed by atoms with E-state index in [0.717, 1.165) is 24.2 Å². The van der Waals surface area contributed by atoms with Crippen molar-refractivity contribution in [1.29, 1.82) is 0 Å². The summed E-state index contributed by atoms with van der Waals surface area (Å²) in [6.45, 7) is 4.68. The molecule has 0 radical (unpaired) electrons. The van der Waals surface area contributed by atoms with Gasteiger partial charge in [0.25, 0.3) is 0 Å². The first-order chi connectivity index (χ1) is 8.16. The zero-order valence-electron chi connectivity index (χ0n) is 10.3. The highest BCUT2D eigenvalue weighted by atomic mass is 19.1. The highest BCUT2D eigenvalue weighted by Crippen LogP contribution is 2.30. The van der Waals surface area contributed by atoms with E-state index >= 15 is 0 Å². The van der Waals surface area contributed by atoms with E-state index in [4.69, 9.17) is 5.73 Å². The van der Waals surface area contributed by atoms with Crippen molar-refractivity contribution in [2.24, 2.45) is 5.73 Å². The summed E-state index contributed by atoms with van der Waals surface area (Å²) in [5, 5.41) is 0. The maximum atomic E-state index is 13.6. The Morgan fingerprint density at radius 3 is 2.59 bits per heavy atom. The summed E-state index contributed by atoms with van der Waals surface area (Å²) in [5.74, 6) is 0.508. The molecule has 3 nitrogen and oxygen atoms in total. The van der Waals surface area contributed by atoms with E-state index in [1.807, 2.05) is 6.07 Å². The third-order valence-corrected chi connectivity index (χ3v) is 3.71. The Labute approximate surface area is 100 Å². The number of H-pyrrole nitrogens is 1. The molecular formula is C13H18FN3. The molecule has 1 heterocycles. The van der Waals surface area contributed by atoms with Crippen LogP contribution in [0.25, 0.3) is 11.0 Å². The van der Waals surface area contributed by atoms with Crippen LogP contribution in [0.3, 0.4) is 0 Å². The average Bonchev–Trinajstić information content (AvgIpc) is 2.78. The standard InChI is InChI=1S/C13H18FN3/c1-3-13(4-2,8-15)12-16-10-7-5-6-9(14)11(10)17-12/h5-7H,3-4,8,15H2,1-2H3,(H,16,17). The minimum Gasteiger partial charge on any atom is -0.341 e.